The summed E-state index contributed by atoms with van der Waals surface area (Å²) in [6, 6.07) is 6.57. The second-order valence-corrected chi connectivity index (χ2v) is 17.9. The minimum atomic E-state index is -1.93. The topological polar surface area (TPSA) is 66.1 Å². The second kappa shape index (κ2) is 12.5. The van der Waals surface area contributed by atoms with E-state index in [-0.39, 0.29) is 12.3 Å². The Hall–Kier alpha value is -2.60. The molecule has 40 heavy (non-hydrogen) atoms. The lowest BCUT2D eigenvalue weighted by molar-refractivity contribution is -0.0367. The highest BCUT2D eigenvalue weighted by molar-refractivity contribution is 6.90. The van der Waals surface area contributed by atoms with Gasteiger partial charge < -0.3 is 14.8 Å². The Labute approximate surface area is 242 Å². The highest BCUT2D eigenvalue weighted by Gasteiger charge is 2.41. The molecule has 1 aliphatic rings. The van der Waals surface area contributed by atoms with Crippen LogP contribution in [0, 0.1) is 18.4 Å². The van der Waals surface area contributed by atoms with Crippen LogP contribution in [0.1, 0.15) is 85.3 Å². The SMILES string of the molecule is CNCC(C)Oc1c(-c2ccc3c(c2)c(C#C[Si](C(C)C)(C(C)C)C(C)C)nn3C2CCCCO2)c(C)nn1C. The molecule has 3 aromatic rings. The van der Waals surface area contributed by atoms with Crippen LogP contribution >= 0.6 is 0 Å². The van der Waals surface area contributed by atoms with E-state index in [0.717, 1.165) is 71.7 Å². The smallest absolute Gasteiger partial charge is 0.220 e. The summed E-state index contributed by atoms with van der Waals surface area (Å²) in [6.07, 6.45) is 3.18. The standard InChI is InChI=1S/C32H49N5O2Si/c1-21(2)40(22(3)4,23(5)6)18-16-28-27-19-26(14-15-29(27)37(35-28)30-13-11-12-17-38-30)31-25(8)34-36(10)32(31)39-24(7)20-33-9/h14-15,19,21-24,30,33H,11-13,17,20H2,1-10H3. The lowest BCUT2D eigenvalue weighted by Crippen LogP contribution is -2.43. The van der Waals surface area contributed by atoms with Crippen molar-refractivity contribution in [2.24, 2.45) is 7.05 Å². The molecule has 2 unspecified atom stereocenters. The van der Waals surface area contributed by atoms with Crippen LogP contribution in [-0.2, 0) is 11.8 Å². The van der Waals surface area contributed by atoms with Crippen LogP contribution in [0.3, 0.4) is 0 Å². The Morgan fingerprint density at radius 2 is 1.77 bits per heavy atom. The van der Waals surface area contributed by atoms with Gasteiger partial charge in [-0.15, -0.1) is 5.54 Å². The Bertz CT molecular complexity index is 1350. The van der Waals surface area contributed by atoms with Crippen molar-refractivity contribution in [1.82, 2.24) is 24.9 Å². The van der Waals surface area contributed by atoms with Crippen molar-refractivity contribution in [1.29, 1.82) is 0 Å². The number of benzene rings is 1. The number of fused-ring (bicyclic) bond motifs is 1. The van der Waals surface area contributed by atoms with Gasteiger partial charge in [-0.2, -0.15) is 10.2 Å². The number of likely N-dealkylation sites (N-methyl/N-ethyl adjacent to an activating group) is 1. The fraction of sp³-hybridized carbons (Fsp3) is 0.625. The first-order valence-electron chi connectivity index (χ1n) is 15.0. The van der Waals surface area contributed by atoms with Crippen molar-refractivity contribution in [3.63, 3.8) is 0 Å². The van der Waals surface area contributed by atoms with E-state index in [0.29, 0.717) is 16.6 Å². The van der Waals surface area contributed by atoms with Gasteiger partial charge in [0.2, 0.25) is 5.88 Å². The second-order valence-electron chi connectivity index (χ2n) is 12.4. The van der Waals surface area contributed by atoms with E-state index in [4.69, 9.17) is 19.7 Å². The number of aryl methyl sites for hydroxylation is 2. The summed E-state index contributed by atoms with van der Waals surface area (Å²) in [5.41, 5.74) is 10.5. The third-order valence-electron chi connectivity index (χ3n) is 8.66. The van der Waals surface area contributed by atoms with Gasteiger partial charge >= 0.3 is 0 Å². The lowest BCUT2D eigenvalue weighted by atomic mass is 10.0. The molecule has 1 aliphatic heterocycles. The van der Waals surface area contributed by atoms with E-state index in [9.17, 15) is 0 Å². The van der Waals surface area contributed by atoms with Gasteiger partial charge in [0.05, 0.1) is 16.8 Å². The molecule has 0 amide bonds. The van der Waals surface area contributed by atoms with E-state index in [1.54, 1.807) is 0 Å². The predicted molar refractivity (Wildman–Crippen MR) is 167 cm³/mol. The van der Waals surface area contributed by atoms with Crippen LogP contribution in [0.2, 0.25) is 16.6 Å². The van der Waals surface area contributed by atoms with E-state index < -0.39 is 8.07 Å². The molecular weight excluding hydrogens is 514 g/mol. The van der Waals surface area contributed by atoms with Gasteiger partial charge in [-0.25, -0.2) is 9.36 Å². The molecular formula is C32H49N5O2Si. The van der Waals surface area contributed by atoms with Gasteiger partial charge in [-0.3, -0.25) is 0 Å². The summed E-state index contributed by atoms with van der Waals surface area (Å²) in [7, 11) is 1.96. The van der Waals surface area contributed by atoms with Crippen LogP contribution in [0.5, 0.6) is 5.88 Å². The van der Waals surface area contributed by atoms with Crippen molar-refractivity contribution in [2.75, 3.05) is 20.2 Å². The van der Waals surface area contributed by atoms with Crippen molar-refractivity contribution in [3.8, 4) is 28.5 Å². The van der Waals surface area contributed by atoms with Crippen molar-refractivity contribution < 1.29 is 9.47 Å². The van der Waals surface area contributed by atoms with Gasteiger partial charge in [-0.05, 0) is 74.5 Å². The van der Waals surface area contributed by atoms with Crippen LogP contribution in [0.15, 0.2) is 18.2 Å². The summed E-state index contributed by atoms with van der Waals surface area (Å²) >= 11 is 0. The molecule has 1 fully saturated rings. The van der Waals surface area contributed by atoms with E-state index in [2.05, 4.69) is 88.1 Å². The molecule has 3 heterocycles. The maximum Gasteiger partial charge on any atom is 0.220 e. The fourth-order valence-corrected chi connectivity index (χ4v) is 12.0. The summed E-state index contributed by atoms with van der Waals surface area (Å²) in [5, 5.41) is 14.1. The summed E-state index contributed by atoms with van der Waals surface area (Å²) in [4.78, 5) is 0. The molecule has 2 atom stereocenters. The molecule has 1 aromatic carbocycles. The third kappa shape index (κ3) is 5.74. The monoisotopic (exact) mass is 563 g/mol. The molecule has 0 radical (unpaired) electrons. The Morgan fingerprint density at radius 1 is 1.07 bits per heavy atom. The Kier molecular flexibility index (Phi) is 9.49. The van der Waals surface area contributed by atoms with Crippen LogP contribution in [0.4, 0.5) is 0 Å². The van der Waals surface area contributed by atoms with Crippen LogP contribution in [0.25, 0.3) is 22.0 Å². The van der Waals surface area contributed by atoms with Gasteiger partial charge in [0.1, 0.15) is 19.9 Å². The number of hydrogen-bond acceptors (Lipinski definition) is 5. The molecule has 0 bridgehead atoms. The molecule has 8 heteroatoms. The lowest BCUT2D eigenvalue weighted by Gasteiger charge is -2.38. The first kappa shape index (κ1) is 30.4. The quantitative estimate of drug-likeness (QED) is 0.224. The molecule has 0 aliphatic carbocycles. The first-order chi connectivity index (χ1) is 19.0. The van der Waals surface area contributed by atoms with Gasteiger partial charge in [0.25, 0.3) is 0 Å². The molecule has 1 N–H and O–H groups in total. The van der Waals surface area contributed by atoms with Crippen molar-refractivity contribution >= 4 is 19.0 Å². The molecule has 0 spiro atoms. The number of nitrogens with zero attached hydrogens (tertiary/aromatic N) is 4. The highest BCUT2D eigenvalue weighted by Crippen LogP contribution is 2.41. The average Bonchev–Trinajstić information content (AvgIpc) is 3.40. The van der Waals surface area contributed by atoms with Gasteiger partial charge in [0, 0.05) is 25.6 Å². The molecule has 2 aromatic heterocycles. The van der Waals surface area contributed by atoms with Gasteiger partial charge in [-0.1, -0.05) is 53.5 Å². The first-order valence-corrected chi connectivity index (χ1v) is 17.3. The van der Waals surface area contributed by atoms with Crippen LogP contribution in [-0.4, -0.2) is 53.9 Å². The van der Waals surface area contributed by atoms with Gasteiger partial charge in [0.15, 0.2) is 6.23 Å². The van der Waals surface area contributed by atoms with Crippen LogP contribution < -0.4 is 10.1 Å². The largest absolute Gasteiger partial charge is 0.473 e. The van der Waals surface area contributed by atoms with Crippen molar-refractivity contribution in [3.05, 3.63) is 29.6 Å². The maximum absolute atomic E-state index is 6.38. The zero-order chi connectivity index (χ0) is 29.2. The fourth-order valence-electron chi connectivity index (χ4n) is 6.75. The Morgan fingerprint density at radius 3 is 2.38 bits per heavy atom. The number of rotatable bonds is 9. The average molecular weight is 564 g/mol. The zero-order valence-corrected chi connectivity index (χ0v) is 27.3. The molecule has 4 rings (SSSR count). The zero-order valence-electron chi connectivity index (χ0n) is 26.3. The van der Waals surface area contributed by atoms with E-state index in [1.165, 1.54) is 0 Å². The Balaban J connectivity index is 1.90. The number of nitrogens with one attached hydrogen (secondary N) is 1. The predicted octanol–water partition coefficient (Wildman–Crippen LogP) is 7.00. The maximum atomic E-state index is 6.38. The third-order valence-corrected chi connectivity index (χ3v) is 15.0. The molecule has 0 saturated carbocycles. The number of ether oxygens (including phenoxy) is 2. The van der Waals surface area contributed by atoms with E-state index >= 15 is 0 Å². The summed E-state index contributed by atoms with van der Waals surface area (Å²) in [6.45, 7) is 19.8. The molecule has 218 valence electrons. The minimum Gasteiger partial charge on any atom is -0.473 e. The molecule has 7 nitrogen and oxygen atoms in total. The molecule has 1 saturated heterocycles. The van der Waals surface area contributed by atoms with E-state index in [1.807, 2.05) is 25.7 Å². The highest BCUT2D eigenvalue weighted by atomic mass is 28.3. The summed E-state index contributed by atoms with van der Waals surface area (Å²) in [5.74, 6) is 4.44. The van der Waals surface area contributed by atoms with Crippen molar-refractivity contribution in [2.45, 2.75) is 104 Å². The number of aromatic nitrogens is 4. The summed E-state index contributed by atoms with van der Waals surface area (Å²) < 4.78 is 16.5. The normalized spacial score (nSPS) is 17.1. The number of hydrogen-bond donors (Lipinski definition) is 1. The minimum absolute atomic E-state index is 0.0103.